The third-order valence-corrected chi connectivity index (χ3v) is 9.80. The van der Waals surface area contributed by atoms with Crippen LogP contribution in [0.25, 0.3) is 0 Å². The Kier molecular flexibility index (Phi) is 7.44. The van der Waals surface area contributed by atoms with Gasteiger partial charge in [-0.15, -0.1) is 0 Å². The van der Waals surface area contributed by atoms with Gasteiger partial charge in [-0.05, 0) is 68.1 Å². The fourth-order valence-electron chi connectivity index (χ4n) is 6.40. The largest absolute Gasteiger partial charge is 0.457 e. The number of anilines is 2. The van der Waals surface area contributed by atoms with Gasteiger partial charge in [0.1, 0.15) is 21.8 Å². The standard InChI is InChI=1S/C32H33N5O5S/c1-19-16-23(42-22-7-3-2-4-8-22)9-10-24(19)37-25-11-13-33-30-26(25)27(35-32(37)40)28(43-30)29(38)34-21-6-5-14-36(17-21)31(39)20-12-15-41-18-20/h2-4,7-11,13,16,20-21,27-28H,5-6,12,14-15,17-18H2,1H3,(H,34,38)(H,35,40)/t20-,21+,27?,28?/m0/s1. The third-order valence-electron chi connectivity index (χ3n) is 8.51. The van der Waals surface area contributed by atoms with Crippen molar-refractivity contribution in [1.29, 1.82) is 0 Å². The number of thioether (sulfide) groups is 1. The van der Waals surface area contributed by atoms with E-state index in [1.165, 1.54) is 11.8 Å². The van der Waals surface area contributed by atoms with Crippen molar-refractivity contribution in [2.45, 2.75) is 48.5 Å². The number of carbonyl (C=O) groups is 3. The molecule has 4 atom stereocenters. The van der Waals surface area contributed by atoms with Gasteiger partial charge in [0.2, 0.25) is 11.8 Å². The highest BCUT2D eigenvalue weighted by Gasteiger charge is 2.47. The van der Waals surface area contributed by atoms with Crippen molar-refractivity contribution in [1.82, 2.24) is 20.5 Å². The van der Waals surface area contributed by atoms with Crippen LogP contribution in [0.3, 0.4) is 0 Å². The van der Waals surface area contributed by atoms with Gasteiger partial charge < -0.3 is 25.0 Å². The van der Waals surface area contributed by atoms with Crippen LogP contribution in [0.2, 0.25) is 0 Å². The Morgan fingerprint density at radius 2 is 1.95 bits per heavy atom. The summed E-state index contributed by atoms with van der Waals surface area (Å²) < 4.78 is 11.4. The number of pyridine rings is 1. The lowest BCUT2D eigenvalue weighted by molar-refractivity contribution is -0.137. The van der Waals surface area contributed by atoms with E-state index >= 15 is 0 Å². The number of urea groups is 1. The number of ether oxygens (including phenoxy) is 2. The third kappa shape index (κ3) is 5.31. The molecule has 3 aromatic rings. The van der Waals surface area contributed by atoms with Crippen LogP contribution in [0.4, 0.5) is 16.2 Å². The Balaban J connectivity index is 1.08. The molecule has 7 rings (SSSR count). The lowest BCUT2D eigenvalue weighted by atomic mass is 9.98. The van der Waals surface area contributed by atoms with Gasteiger partial charge in [-0.25, -0.2) is 9.78 Å². The van der Waals surface area contributed by atoms with Crippen molar-refractivity contribution in [2.75, 3.05) is 31.2 Å². The van der Waals surface area contributed by atoms with Gasteiger partial charge in [-0.3, -0.25) is 14.5 Å². The van der Waals surface area contributed by atoms with Gasteiger partial charge in [0.15, 0.2) is 0 Å². The molecule has 4 aliphatic rings. The van der Waals surface area contributed by atoms with Gasteiger partial charge >= 0.3 is 6.03 Å². The maximum absolute atomic E-state index is 13.7. The van der Waals surface area contributed by atoms with E-state index in [1.807, 2.05) is 66.4 Å². The van der Waals surface area contributed by atoms with E-state index in [2.05, 4.69) is 15.6 Å². The molecule has 10 nitrogen and oxygen atoms in total. The summed E-state index contributed by atoms with van der Waals surface area (Å²) in [5, 5.41) is 6.44. The summed E-state index contributed by atoms with van der Waals surface area (Å²) in [4.78, 5) is 48.3. The van der Waals surface area contributed by atoms with Crippen molar-refractivity contribution in [3.8, 4) is 11.5 Å². The molecule has 0 aliphatic carbocycles. The van der Waals surface area contributed by atoms with Crippen molar-refractivity contribution in [3.05, 3.63) is 71.9 Å². The molecular formula is C32H33N5O5S. The zero-order chi connectivity index (χ0) is 29.5. The molecule has 4 aliphatic heterocycles. The summed E-state index contributed by atoms with van der Waals surface area (Å²) in [6.45, 7) is 4.23. The Bertz CT molecular complexity index is 1560. The number of para-hydroxylation sites is 1. The van der Waals surface area contributed by atoms with Crippen LogP contribution < -0.4 is 20.3 Å². The second-order valence-electron chi connectivity index (χ2n) is 11.4. The zero-order valence-electron chi connectivity index (χ0n) is 23.8. The van der Waals surface area contributed by atoms with Crippen LogP contribution >= 0.6 is 11.8 Å². The van der Waals surface area contributed by atoms with Gasteiger partial charge in [0, 0.05) is 37.5 Å². The molecule has 2 saturated heterocycles. The van der Waals surface area contributed by atoms with Crippen LogP contribution in [-0.2, 0) is 14.3 Å². The average molecular weight is 600 g/mol. The number of aromatic nitrogens is 1. The molecule has 0 bridgehead atoms. The molecule has 0 saturated carbocycles. The predicted octanol–water partition coefficient (Wildman–Crippen LogP) is 4.70. The second-order valence-corrected chi connectivity index (χ2v) is 12.5. The summed E-state index contributed by atoms with van der Waals surface area (Å²) >= 11 is 1.37. The Morgan fingerprint density at radius 1 is 1.09 bits per heavy atom. The van der Waals surface area contributed by atoms with E-state index in [9.17, 15) is 14.4 Å². The number of amides is 4. The number of likely N-dealkylation sites (tertiary alicyclic amines) is 1. The smallest absolute Gasteiger partial charge is 0.327 e. The maximum atomic E-state index is 13.7. The van der Waals surface area contributed by atoms with Crippen molar-refractivity contribution >= 4 is 41.0 Å². The van der Waals surface area contributed by atoms with Crippen molar-refractivity contribution in [3.63, 3.8) is 0 Å². The van der Waals surface area contributed by atoms with E-state index < -0.39 is 11.3 Å². The fourth-order valence-corrected chi connectivity index (χ4v) is 7.63. The quantitative estimate of drug-likeness (QED) is 0.422. The van der Waals surface area contributed by atoms with Gasteiger partial charge in [0.25, 0.3) is 0 Å². The Labute approximate surface area is 254 Å². The molecule has 43 heavy (non-hydrogen) atoms. The Hall–Kier alpha value is -4.09. The van der Waals surface area contributed by atoms with Crippen molar-refractivity contribution < 1.29 is 23.9 Å². The first-order valence-corrected chi connectivity index (χ1v) is 15.6. The first-order chi connectivity index (χ1) is 21.0. The minimum absolute atomic E-state index is 0.0875. The van der Waals surface area contributed by atoms with Crippen LogP contribution in [-0.4, -0.2) is 65.3 Å². The van der Waals surface area contributed by atoms with Crippen LogP contribution in [0, 0.1) is 12.8 Å². The van der Waals surface area contributed by atoms with Crippen molar-refractivity contribution in [2.24, 2.45) is 5.92 Å². The monoisotopic (exact) mass is 599 g/mol. The number of hydrogen-bond acceptors (Lipinski definition) is 7. The highest BCUT2D eigenvalue weighted by atomic mass is 32.2. The molecule has 0 spiro atoms. The lowest BCUT2D eigenvalue weighted by Gasteiger charge is -2.36. The highest BCUT2D eigenvalue weighted by Crippen LogP contribution is 2.51. The molecule has 2 aromatic carbocycles. The normalized spacial score (nSPS) is 24.3. The van der Waals surface area contributed by atoms with E-state index in [0.29, 0.717) is 32.1 Å². The van der Waals surface area contributed by atoms with Gasteiger partial charge in [-0.2, -0.15) is 0 Å². The first kappa shape index (κ1) is 27.7. The molecule has 2 N–H and O–H groups in total. The molecule has 4 amide bonds. The molecule has 5 heterocycles. The predicted molar refractivity (Wildman–Crippen MR) is 162 cm³/mol. The minimum Gasteiger partial charge on any atom is -0.457 e. The molecule has 2 unspecified atom stereocenters. The summed E-state index contributed by atoms with van der Waals surface area (Å²) in [5.41, 5.74) is 3.16. The molecule has 222 valence electrons. The number of benzene rings is 2. The number of carbonyl (C=O) groups excluding carboxylic acids is 3. The van der Waals surface area contributed by atoms with Crippen LogP contribution in [0.15, 0.2) is 65.8 Å². The summed E-state index contributed by atoms with van der Waals surface area (Å²) in [6, 6.07) is 16.1. The summed E-state index contributed by atoms with van der Waals surface area (Å²) in [6.07, 6.45) is 4.07. The number of nitrogens with zero attached hydrogens (tertiary/aromatic N) is 3. The molecule has 11 heteroatoms. The second kappa shape index (κ2) is 11.5. The number of rotatable bonds is 6. The fraction of sp³-hybridized carbons (Fsp3) is 0.375. The van der Waals surface area contributed by atoms with Gasteiger partial charge in [0.05, 0.1) is 29.9 Å². The van der Waals surface area contributed by atoms with E-state index in [-0.39, 0.29) is 29.8 Å². The van der Waals surface area contributed by atoms with Gasteiger partial charge in [-0.1, -0.05) is 30.0 Å². The number of hydrogen-bond donors (Lipinski definition) is 2. The molecule has 0 radical (unpaired) electrons. The first-order valence-electron chi connectivity index (χ1n) is 14.7. The SMILES string of the molecule is Cc1cc(Oc2ccccc2)ccc1N1C(=O)NC2c3c1ccnc3SC2C(=O)N[C@@H]1CCCN(C(=O)[C@H]2CCOC2)C1. The van der Waals surface area contributed by atoms with E-state index in [4.69, 9.17) is 9.47 Å². The Morgan fingerprint density at radius 3 is 2.74 bits per heavy atom. The van der Waals surface area contributed by atoms with Crippen LogP contribution in [0.1, 0.15) is 36.4 Å². The highest BCUT2D eigenvalue weighted by molar-refractivity contribution is 8.01. The van der Waals surface area contributed by atoms with E-state index in [0.717, 1.165) is 52.5 Å². The average Bonchev–Trinajstić information content (AvgIpc) is 3.68. The van der Waals surface area contributed by atoms with E-state index in [1.54, 1.807) is 11.1 Å². The number of nitrogens with one attached hydrogen (secondary N) is 2. The molecule has 2 fully saturated rings. The lowest BCUT2D eigenvalue weighted by Crippen LogP contribution is -2.54. The molecule has 1 aromatic heterocycles. The summed E-state index contributed by atoms with van der Waals surface area (Å²) in [5.74, 6) is 1.28. The number of aryl methyl sites for hydroxylation is 1. The topological polar surface area (TPSA) is 113 Å². The number of piperidine rings is 1. The maximum Gasteiger partial charge on any atom is 0.327 e. The zero-order valence-corrected chi connectivity index (χ0v) is 24.6. The molecular weight excluding hydrogens is 566 g/mol. The summed E-state index contributed by atoms with van der Waals surface area (Å²) in [7, 11) is 0. The van der Waals surface area contributed by atoms with Crippen LogP contribution in [0.5, 0.6) is 11.5 Å². The minimum atomic E-state index is -0.563.